The number of alkyl halides is 2. The Balaban J connectivity index is 1.55. The molecule has 0 saturated heterocycles. The van der Waals surface area contributed by atoms with Gasteiger partial charge in [-0.1, -0.05) is 17.7 Å². The lowest BCUT2D eigenvalue weighted by Gasteiger charge is -2.11. The summed E-state index contributed by atoms with van der Waals surface area (Å²) in [5.74, 6) is -9.64. The van der Waals surface area contributed by atoms with Crippen molar-refractivity contribution in [2.45, 2.75) is 10.3 Å². The molecule has 0 radical (unpaired) electrons. The van der Waals surface area contributed by atoms with Crippen molar-refractivity contribution in [3.63, 3.8) is 0 Å². The Morgan fingerprint density at radius 1 is 0.829 bits per heavy atom. The van der Waals surface area contributed by atoms with Crippen LogP contribution in [0.5, 0.6) is 0 Å². The minimum atomic E-state index is -1.59. The van der Waals surface area contributed by atoms with Crippen LogP contribution in [0.15, 0.2) is 48.5 Å². The van der Waals surface area contributed by atoms with Crippen LogP contribution in [0.25, 0.3) is 0 Å². The van der Waals surface area contributed by atoms with E-state index in [1.165, 1.54) is 12.1 Å². The van der Waals surface area contributed by atoms with Gasteiger partial charge in [-0.15, -0.1) is 23.2 Å². The Kier molecular flexibility index (Phi) is 6.70. The average molecular weight is 550 g/mol. The van der Waals surface area contributed by atoms with E-state index >= 15 is 0 Å². The normalized spacial score (nSPS) is 18.2. The van der Waals surface area contributed by atoms with Crippen molar-refractivity contribution >= 4 is 58.0 Å². The van der Waals surface area contributed by atoms with Gasteiger partial charge < -0.3 is 10.6 Å². The highest BCUT2D eigenvalue weighted by Crippen LogP contribution is 2.65. The number of nitrogens with one attached hydrogen (secondary N) is 2. The van der Waals surface area contributed by atoms with Crippen LogP contribution in [0.3, 0.4) is 0 Å². The minimum absolute atomic E-state index is 0.202. The number of hydrogen-bond acceptors (Lipinski definition) is 2. The van der Waals surface area contributed by atoms with Gasteiger partial charge in [-0.2, -0.15) is 0 Å². The molecular weight excluding hydrogens is 538 g/mol. The summed E-state index contributed by atoms with van der Waals surface area (Å²) in [6, 6.07) is 7.40. The largest absolute Gasteiger partial charge is 0.326 e. The van der Waals surface area contributed by atoms with Crippen molar-refractivity contribution in [2.24, 2.45) is 5.92 Å². The molecule has 35 heavy (non-hydrogen) atoms. The van der Waals surface area contributed by atoms with Gasteiger partial charge in [-0.25, -0.2) is 22.0 Å². The maximum absolute atomic E-state index is 14.3. The maximum atomic E-state index is 14.3. The second-order valence-corrected chi connectivity index (χ2v) is 9.54. The van der Waals surface area contributed by atoms with Gasteiger partial charge in [0.15, 0.2) is 11.6 Å². The highest BCUT2D eigenvalue weighted by atomic mass is 35.5. The van der Waals surface area contributed by atoms with E-state index in [0.29, 0.717) is 17.7 Å². The molecule has 2 unspecified atom stereocenters. The Hall–Kier alpha value is -2.88. The first kappa shape index (κ1) is 25.2. The number of amides is 2. The molecule has 1 fully saturated rings. The van der Waals surface area contributed by atoms with Crippen molar-refractivity contribution < 1.29 is 31.5 Å². The lowest BCUT2D eigenvalue weighted by atomic mass is 10.1. The number of carbonyl (C=O) groups is 2. The number of rotatable bonds is 5. The molecule has 2 amide bonds. The second kappa shape index (κ2) is 9.29. The van der Waals surface area contributed by atoms with Gasteiger partial charge in [-0.05, 0) is 35.9 Å². The minimum Gasteiger partial charge on any atom is -0.326 e. The molecule has 182 valence electrons. The quantitative estimate of drug-likeness (QED) is 0.271. The molecule has 1 saturated carbocycles. The maximum Gasteiger partial charge on any atom is 0.258 e. The Bertz CT molecular complexity index is 1370. The van der Waals surface area contributed by atoms with Crippen molar-refractivity contribution in [3.8, 4) is 0 Å². The zero-order valence-electron chi connectivity index (χ0n) is 17.1. The topological polar surface area (TPSA) is 58.2 Å². The summed E-state index contributed by atoms with van der Waals surface area (Å²) >= 11 is 18.2. The molecule has 3 aromatic carbocycles. The van der Waals surface area contributed by atoms with Gasteiger partial charge in [0, 0.05) is 23.7 Å². The molecule has 0 spiro atoms. The lowest BCUT2D eigenvalue weighted by Crippen LogP contribution is -2.19. The van der Waals surface area contributed by atoms with E-state index in [1.54, 1.807) is 0 Å². The van der Waals surface area contributed by atoms with Crippen molar-refractivity contribution in [1.29, 1.82) is 0 Å². The van der Waals surface area contributed by atoms with Crippen LogP contribution in [0.4, 0.5) is 33.3 Å². The van der Waals surface area contributed by atoms with Gasteiger partial charge in [0.2, 0.25) is 5.91 Å². The predicted octanol–water partition coefficient (Wildman–Crippen LogP) is 6.81. The number of halogens is 8. The van der Waals surface area contributed by atoms with Gasteiger partial charge in [0.05, 0.1) is 22.2 Å². The van der Waals surface area contributed by atoms with Crippen molar-refractivity contribution in [3.05, 3.63) is 93.8 Å². The molecule has 1 aliphatic carbocycles. The molecular formula is C23H12Cl3F5N2O2. The smallest absolute Gasteiger partial charge is 0.258 e. The fraction of sp³-hybridized carbons (Fsp3) is 0.130. The Morgan fingerprint density at radius 3 is 2.20 bits per heavy atom. The summed E-state index contributed by atoms with van der Waals surface area (Å²) < 4.78 is 67.2. The summed E-state index contributed by atoms with van der Waals surface area (Å²) in [4.78, 5) is 25.2. The summed E-state index contributed by atoms with van der Waals surface area (Å²) in [5.41, 5.74) is -1.26. The van der Waals surface area contributed by atoms with E-state index in [1.807, 2.05) is 5.32 Å². The van der Waals surface area contributed by atoms with E-state index in [2.05, 4.69) is 5.32 Å². The van der Waals surface area contributed by atoms with Gasteiger partial charge >= 0.3 is 0 Å². The SMILES string of the molecule is O=C(Nc1ccc(F)cc1F)c1cc(NC(=O)C2C(c3ccc(F)c(Cl)c3)C2(Cl)Cl)cc(F)c1F. The molecule has 0 aromatic heterocycles. The van der Waals surface area contributed by atoms with Crippen molar-refractivity contribution in [1.82, 2.24) is 0 Å². The molecule has 4 nitrogen and oxygen atoms in total. The molecule has 3 aromatic rings. The fourth-order valence-corrected chi connectivity index (χ4v) is 4.62. The third kappa shape index (κ3) is 4.94. The van der Waals surface area contributed by atoms with E-state index in [-0.39, 0.29) is 10.7 Å². The third-order valence-corrected chi connectivity index (χ3v) is 6.59. The molecule has 4 rings (SSSR count). The Morgan fingerprint density at radius 2 is 1.54 bits per heavy atom. The average Bonchev–Trinajstić information content (AvgIpc) is 3.36. The van der Waals surface area contributed by atoms with Crippen LogP contribution >= 0.6 is 34.8 Å². The molecule has 2 atom stereocenters. The second-order valence-electron chi connectivity index (χ2n) is 7.69. The lowest BCUT2D eigenvalue weighted by molar-refractivity contribution is -0.117. The van der Waals surface area contributed by atoms with Crippen LogP contribution in [0.2, 0.25) is 5.02 Å². The molecule has 1 aliphatic rings. The van der Waals surface area contributed by atoms with E-state index in [4.69, 9.17) is 34.8 Å². The van der Waals surface area contributed by atoms with Crippen LogP contribution in [-0.4, -0.2) is 16.1 Å². The fourth-order valence-electron chi connectivity index (χ4n) is 3.60. The van der Waals surface area contributed by atoms with Crippen LogP contribution < -0.4 is 10.6 Å². The number of hydrogen-bond donors (Lipinski definition) is 2. The predicted molar refractivity (Wildman–Crippen MR) is 121 cm³/mol. The zero-order valence-corrected chi connectivity index (χ0v) is 19.4. The van der Waals surface area contributed by atoms with E-state index in [9.17, 15) is 31.5 Å². The first-order valence-corrected chi connectivity index (χ1v) is 10.9. The van der Waals surface area contributed by atoms with Crippen LogP contribution in [0.1, 0.15) is 21.8 Å². The zero-order chi connectivity index (χ0) is 25.7. The highest BCUT2D eigenvalue weighted by molar-refractivity contribution is 6.53. The molecule has 2 N–H and O–H groups in total. The summed E-state index contributed by atoms with van der Waals surface area (Å²) in [7, 11) is 0. The van der Waals surface area contributed by atoms with Crippen LogP contribution in [-0.2, 0) is 4.79 Å². The van der Waals surface area contributed by atoms with Gasteiger partial charge in [0.1, 0.15) is 21.8 Å². The highest BCUT2D eigenvalue weighted by Gasteiger charge is 2.67. The Labute approximate surface area is 210 Å². The van der Waals surface area contributed by atoms with E-state index < -0.39 is 68.3 Å². The molecule has 0 bridgehead atoms. The van der Waals surface area contributed by atoms with Crippen LogP contribution in [0, 0.1) is 35.0 Å². The van der Waals surface area contributed by atoms with Gasteiger partial charge in [0.25, 0.3) is 5.91 Å². The number of benzene rings is 3. The first-order chi connectivity index (χ1) is 16.4. The van der Waals surface area contributed by atoms with Crippen molar-refractivity contribution in [2.75, 3.05) is 10.6 Å². The molecule has 0 aliphatic heterocycles. The monoisotopic (exact) mass is 548 g/mol. The standard InChI is InChI=1S/C23H12Cl3F5N2O2/c24-13-5-9(1-3-14(13)28)18-19(23(18,25)26)22(35)32-11-7-12(20(31)16(30)8-11)21(34)33-17-4-2-10(27)6-15(17)29/h1-8,18-19H,(H,32,35)(H,33,34). The van der Waals surface area contributed by atoms with E-state index in [0.717, 1.165) is 24.3 Å². The summed E-state index contributed by atoms with van der Waals surface area (Å²) in [6.45, 7) is 0. The molecule has 12 heteroatoms. The molecule has 0 heterocycles. The summed E-state index contributed by atoms with van der Waals surface area (Å²) in [5, 5.41) is 4.11. The third-order valence-electron chi connectivity index (χ3n) is 5.36. The first-order valence-electron chi connectivity index (χ1n) is 9.79. The number of anilines is 2. The van der Waals surface area contributed by atoms with Gasteiger partial charge in [-0.3, -0.25) is 9.59 Å². The number of carbonyl (C=O) groups excluding carboxylic acids is 2. The summed E-state index contributed by atoms with van der Waals surface area (Å²) in [6.07, 6.45) is 0.